The molecule has 1 saturated heterocycles. The molecule has 94 valence electrons. The van der Waals surface area contributed by atoms with Crippen LogP contribution in [0.2, 0.25) is 0 Å². The fraction of sp³-hybridized carbons (Fsp3) is 0.923. The summed E-state index contributed by atoms with van der Waals surface area (Å²) in [5.41, 5.74) is -0.454. The van der Waals surface area contributed by atoms with Crippen molar-refractivity contribution in [3.63, 3.8) is 0 Å². The van der Waals surface area contributed by atoms with Gasteiger partial charge >= 0.3 is 5.97 Å². The normalized spacial score (nSPS) is 26.1. The molecule has 0 amide bonds. The van der Waals surface area contributed by atoms with Crippen molar-refractivity contribution in [3.05, 3.63) is 0 Å². The third kappa shape index (κ3) is 3.21. The second kappa shape index (κ2) is 6.24. The van der Waals surface area contributed by atoms with E-state index in [0.29, 0.717) is 0 Å². The Kier molecular flexibility index (Phi) is 5.26. The number of aliphatic carboxylic acids is 1. The molecule has 3 heteroatoms. The zero-order valence-electron chi connectivity index (χ0n) is 10.7. The van der Waals surface area contributed by atoms with Crippen LogP contribution in [0.5, 0.6) is 0 Å². The van der Waals surface area contributed by atoms with Gasteiger partial charge < -0.3 is 10.0 Å². The summed E-state index contributed by atoms with van der Waals surface area (Å²) in [5, 5.41) is 9.26. The van der Waals surface area contributed by atoms with Gasteiger partial charge in [0, 0.05) is 6.54 Å². The highest BCUT2D eigenvalue weighted by atomic mass is 16.4. The molecule has 0 aromatic heterocycles. The van der Waals surface area contributed by atoms with Crippen LogP contribution in [-0.2, 0) is 4.79 Å². The van der Waals surface area contributed by atoms with Crippen LogP contribution < -0.4 is 0 Å². The van der Waals surface area contributed by atoms with Crippen molar-refractivity contribution in [3.8, 4) is 0 Å². The highest BCUT2D eigenvalue weighted by molar-refractivity contribution is 5.75. The number of rotatable bonds is 7. The number of carbonyl (C=O) groups is 1. The van der Waals surface area contributed by atoms with E-state index in [2.05, 4.69) is 11.8 Å². The van der Waals surface area contributed by atoms with Gasteiger partial charge in [0.05, 0.1) is 5.41 Å². The molecule has 0 bridgehead atoms. The Morgan fingerprint density at radius 2 is 2.06 bits per heavy atom. The van der Waals surface area contributed by atoms with Gasteiger partial charge in [0.1, 0.15) is 0 Å². The van der Waals surface area contributed by atoms with Crippen LogP contribution >= 0.6 is 0 Å². The Hall–Kier alpha value is -0.570. The number of hydrogen-bond donors (Lipinski definition) is 1. The van der Waals surface area contributed by atoms with E-state index < -0.39 is 11.4 Å². The van der Waals surface area contributed by atoms with Gasteiger partial charge in [-0.3, -0.25) is 4.79 Å². The van der Waals surface area contributed by atoms with Gasteiger partial charge in [0.25, 0.3) is 0 Å². The van der Waals surface area contributed by atoms with E-state index in [4.69, 9.17) is 0 Å². The number of nitrogens with zero attached hydrogens (tertiary/aromatic N) is 1. The van der Waals surface area contributed by atoms with E-state index in [1.54, 1.807) is 0 Å². The minimum atomic E-state index is -0.606. The molecule has 0 aliphatic carbocycles. The van der Waals surface area contributed by atoms with Crippen LogP contribution in [0.4, 0.5) is 0 Å². The van der Waals surface area contributed by atoms with Gasteiger partial charge in [-0.1, -0.05) is 33.1 Å². The highest BCUT2D eigenvalue weighted by Crippen LogP contribution is 2.34. The molecule has 1 unspecified atom stereocenters. The van der Waals surface area contributed by atoms with Crippen LogP contribution in [0.3, 0.4) is 0 Å². The lowest BCUT2D eigenvalue weighted by molar-refractivity contribution is -0.148. The quantitative estimate of drug-likeness (QED) is 0.680. The molecule has 1 atom stereocenters. The van der Waals surface area contributed by atoms with Crippen molar-refractivity contribution >= 4 is 5.97 Å². The van der Waals surface area contributed by atoms with Crippen LogP contribution in [-0.4, -0.2) is 35.6 Å². The Morgan fingerprint density at radius 3 is 2.56 bits per heavy atom. The Morgan fingerprint density at radius 1 is 1.31 bits per heavy atom. The zero-order chi connectivity index (χ0) is 12.0. The summed E-state index contributed by atoms with van der Waals surface area (Å²) in [6.45, 7) is 7.00. The molecule has 16 heavy (non-hydrogen) atoms. The zero-order valence-corrected chi connectivity index (χ0v) is 10.7. The average Bonchev–Trinajstić information content (AvgIpc) is 2.69. The van der Waals surface area contributed by atoms with Gasteiger partial charge in [-0.15, -0.1) is 0 Å². The maximum Gasteiger partial charge on any atom is 0.310 e. The van der Waals surface area contributed by atoms with Crippen molar-refractivity contribution in [1.82, 2.24) is 4.90 Å². The Labute approximate surface area is 98.8 Å². The van der Waals surface area contributed by atoms with Crippen molar-refractivity contribution in [1.29, 1.82) is 0 Å². The summed E-state index contributed by atoms with van der Waals surface area (Å²) in [6, 6.07) is 0. The fourth-order valence-corrected chi connectivity index (χ4v) is 2.53. The van der Waals surface area contributed by atoms with E-state index in [0.717, 1.165) is 32.5 Å². The molecule has 1 heterocycles. The van der Waals surface area contributed by atoms with Crippen LogP contribution in [0, 0.1) is 5.41 Å². The van der Waals surface area contributed by atoms with Crippen LogP contribution in [0.25, 0.3) is 0 Å². The average molecular weight is 227 g/mol. The standard InChI is InChI=1S/C13H25NO2/c1-3-5-6-7-9-14-10-8-13(4-2,11-14)12(15)16/h3-11H2,1-2H3,(H,15,16). The topological polar surface area (TPSA) is 40.5 Å². The lowest BCUT2D eigenvalue weighted by Gasteiger charge is -2.23. The molecule has 1 fully saturated rings. The Bertz CT molecular complexity index is 230. The first-order valence-electron chi connectivity index (χ1n) is 6.60. The third-order valence-corrected chi connectivity index (χ3v) is 3.89. The molecular weight excluding hydrogens is 202 g/mol. The molecule has 1 aliphatic rings. The van der Waals surface area contributed by atoms with Crippen molar-refractivity contribution in [2.24, 2.45) is 5.41 Å². The van der Waals surface area contributed by atoms with Gasteiger partial charge in [-0.25, -0.2) is 0 Å². The summed E-state index contributed by atoms with van der Waals surface area (Å²) in [7, 11) is 0. The van der Waals surface area contributed by atoms with Crippen molar-refractivity contribution < 1.29 is 9.90 Å². The van der Waals surface area contributed by atoms with Gasteiger partial charge in [-0.05, 0) is 32.4 Å². The molecule has 0 radical (unpaired) electrons. The van der Waals surface area contributed by atoms with E-state index >= 15 is 0 Å². The van der Waals surface area contributed by atoms with Crippen LogP contribution in [0.1, 0.15) is 52.4 Å². The molecule has 1 N–H and O–H groups in total. The summed E-state index contributed by atoms with van der Waals surface area (Å²) >= 11 is 0. The summed E-state index contributed by atoms with van der Waals surface area (Å²) < 4.78 is 0. The number of hydrogen-bond acceptors (Lipinski definition) is 2. The largest absolute Gasteiger partial charge is 0.481 e. The monoisotopic (exact) mass is 227 g/mol. The molecule has 0 spiro atoms. The van der Waals surface area contributed by atoms with Crippen LogP contribution in [0.15, 0.2) is 0 Å². The SMILES string of the molecule is CCCCCCN1CCC(CC)(C(=O)O)C1. The molecule has 0 aromatic carbocycles. The molecule has 1 rings (SSSR count). The smallest absolute Gasteiger partial charge is 0.310 e. The highest BCUT2D eigenvalue weighted by Gasteiger charge is 2.42. The van der Waals surface area contributed by atoms with E-state index in [1.807, 2.05) is 6.92 Å². The van der Waals surface area contributed by atoms with Crippen molar-refractivity contribution in [2.45, 2.75) is 52.4 Å². The lowest BCUT2D eigenvalue weighted by Crippen LogP contribution is -2.34. The first-order valence-corrected chi connectivity index (χ1v) is 6.60. The van der Waals surface area contributed by atoms with E-state index in [9.17, 15) is 9.90 Å². The number of carboxylic acids is 1. The summed E-state index contributed by atoms with van der Waals surface area (Å²) in [5.74, 6) is -0.606. The second-order valence-electron chi connectivity index (χ2n) is 5.03. The van der Waals surface area contributed by atoms with Crippen molar-refractivity contribution in [2.75, 3.05) is 19.6 Å². The Balaban J connectivity index is 2.31. The number of carboxylic acid groups (broad SMARTS) is 1. The molecule has 0 aromatic rings. The number of likely N-dealkylation sites (tertiary alicyclic amines) is 1. The van der Waals surface area contributed by atoms with E-state index in [-0.39, 0.29) is 0 Å². The third-order valence-electron chi connectivity index (χ3n) is 3.89. The summed E-state index contributed by atoms with van der Waals surface area (Å²) in [6.07, 6.45) is 6.63. The number of unbranched alkanes of at least 4 members (excludes halogenated alkanes) is 3. The lowest BCUT2D eigenvalue weighted by atomic mass is 9.84. The maximum absolute atomic E-state index is 11.2. The molecule has 3 nitrogen and oxygen atoms in total. The molecular formula is C13H25NO2. The predicted molar refractivity (Wildman–Crippen MR) is 65.6 cm³/mol. The minimum Gasteiger partial charge on any atom is -0.481 e. The first-order chi connectivity index (χ1) is 7.64. The first kappa shape index (κ1) is 13.5. The van der Waals surface area contributed by atoms with Gasteiger partial charge in [-0.2, -0.15) is 0 Å². The second-order valence-corrected chi connectivity index (χ2v) is 5.03. The predicted octanol–water partition coefficient (Wildman–Crippen LogP) is 2.75. The maximum atomic E-state index is 11.2. The summed E-state index contributed by atoms with van der Waals surface area (Å²) in [4.78, 5) is 13.6. The van der Waals surface area contributed by atoms with Gasteiger partial charge in [0.15, 0.2) is 0 Å². The fourth-order valence-electron chi connectivity index (χ4n) is 2.53. The molecule has 0 saturated carbocycles. The molecule has 1 aliphatic heterocycles. The minimum absolute atomic E-state index is 0.454. The van der Waals surface area contributed by atoms with E-state index in [1.165, 1.54) is 25.7 Å². The van der Waals surface area contributed by atoms with Gasteiger partial charge in [0.2, 0.25) is 0 Å².